The highest BCUT2D eigenvalue weighted by molar-refractivity contribution is 7.86. The predicted molar refractivity (Wildman–Crippen MR) is 94.2 cm³/mol. The quantitative estimate of drug-likeness (QED) is 0.421. The molecule has 3 aromatic rings. The maximum atomic E-state index is 12.4. The van der Waals surface area contributed by atoms with Gasteiger partial charge in [-0.15, -0.1) is 0 Å². The Kier molecular flexibility index (Phi) is 4.07. The lowest BCUT2D eigenvalue weighted by molar-refractivity contribution is 0.102. The number of benzene rings is 3. The summed E-state index contributed by atoms with van der Waals surface area (Å²) in [7, 11) is -4.56. The van der Waals surface area contributed by atoms with Gasteiger partial charge in [0.25, 0.3) is 16.0 Å². The molecule has 8 heteroatoms. The molecule has 0 aliphatic heterocycles. The minimum atomic E-state index is -4.56. The summed E-state index contributed by atoms with van der Waals surface area (Å²) in [6.45, 7) is 0. The largest absolute Gasteiger partial charge is 0.506 e. The number of anilines is 2. The van der Waals surface area contributed by atoms with Gasteiger partial charge in [-0.05, 0) is 30.3 Å². The molecule has 3 rings (SSSR count). The number of phenols is 1. The zero-order valence-corrected chi connectivity index (χ0v) is 13.6. The standard InChI is InChI=1S/C17H14N2O5S/c18-11-4-1-3-10(9-11)17(21)19-14-6-2-5-13-12(14)7-8-15(16(13)20)25(22,23)24/h1-9,20H,18H2,(H,19,21)(H,22,23,24). The van der Waals surface area contributed by atoms with Crippen molar-refractivity contribution in [3.63, 3.8) is 0 Å². The van der Waals surface area contributed by atoms with Crippen LogP contribution in [0.4, 0.5) is 11.4 Å². The first-order chi connectivity index (χ1) is 11.8. The normalized spacial score (nSPS) is 11.4. The number of amides is 1. The first kappa shape index (κ1) is 16.7. The molecule has 0 bridgehead atoms. The molecule has 0 fully saturated rings. The van der Waals surface area contributed by atoms with E-state index >= 15 is 0 Å². The second-order valence-corrected chi connectivity index (χ2v) is 6.76. The number of phenolic OH excluding ortho intramolecular Hbond substituents is 1. The molecule has 25 heavy (non-hydrogen) atoms. The summed E-state index contributed by atoms with van der Waals surface area (Å²) < 4.78 is 31.7. The summed E-state index contributed by atoms with van der Waals surface area (Å²) in [6.07, 6.45) is 0. The summed E-state index contributed by atoms with van der Waals surface area (Å²) in [5.41, 5.74) is 6.84. The number of aromatic hydroxyl groups is 1. The van der Waals surface area contributed by atoms with Crippen molar-refractivity contribution in [2.75, 3.05) is 11.1 Å². The summed E-state index contributed by atoms with van der Waals surface area (Å²) in [5, 5.41) is 13.4. The van der Waals surface area contributed by atoms with Crippen LogP contribution in [0.25, 0.3) is 10.8 Å². The van der Waals surface area contributed by atoms with E-state index in [0.717, 1.165) is 6.07 Å². The Morgan fingerprint density at radius 3 is 2.40 bits per heavy atom. The number of hydrogen-bond donors (Lipinski definition) is 4. The van der Waals surface area contributed by atoms with Crippen molar-refractivity contribution >= 4 is 38.2 Å². The van der Waals surface area contributed by atoms with Crippen LogP contribution in [0.1, 0.15) is 10.4 Å². The van der Waals surface area contributed by atoms with Gasteiger partial charge in [-0.2, -0.15) is 8.42 Å². The molecule has 0 spiro atoms. The molecular formula is C17H14N2O5S. The Balaban J connectivity index is 2.06. The third kappa shape index (κ3) is 3.25. The van der Waals surface area contributed by atoms with Gasteiger partial charge in [-0.25, -0.2) is 0 Å². The van der Waals surface area contributed by atoms with Gasteiger partial charge in [0.2, 0.25) is 0 Å². The monoisotopic (exact) mass is 358 g/mol. The predicted octanol–water partition coefficient (Wildman–Crippen LogP) is 2.63. The number of nitrogens with one attached hydrogen (secondary N) is 1. The van der Waals surface area contributed by atoms with Crippen LogP contribution in [0.2, 0.25) is 0 Å². The van der Waals surface area contributed by atoms with Gasteiger partial charge in [-0.3, -0.25) is 9.35 Å². The van der Waals surface area contributed by atoms with Crippen LogP contribution < -0.4 is 11.1 Å². The summed E-state index contributed by atoms with van der Waals surface area (Å²) in [6, 6.07) is 13.5. The van der Waals surface area contributed by atoms with Crippen molar-refractivity contribution in [3.8, 4) is 5.75 Å². The zero-order chi connectivity index (χ0) is 18.2. The second kappa shape index (κ2) is 6.08. The molecule has 1 amide bonds. The molecule has 0 atom stereocenters. The van der Waals surface area contributed by atoms with Crippen molar-refractivity contribution in [2.45, 2.75) is 4.90 Å². The minimum absolute atomic E-state index is 0.181. The molecule has 0 saturated heterocycles. The van der Waals surface area contributed by atoms with Gasteiger partial charge in [0.1, 0.15) is 10.6 Å². The lowest BCUT2D eigenvalue weighted by Gasteiger charge is -2.11. The number of nitrogen functional groups attached to an aromatic ring is 1. The van der Waals surface area contributed by atoms with Gasteiger partial charge >= 0.3 is 0 Å². The van der Waals surface area contributed by atoms with Crippen molar-refractivity contribution < 1.29 is 22.9 Å². The lowest BCUT2D eigenvalue weighted by atomic mass is 10.1. The molecule has 0 saturated carbocycles. The molecule has 0 aromatic heterocycles. The molecule has 0 aliphatic rings. The number of fused-ring (bicyclic) bond motifs is 1. The van der Waals surface area contributed by atoms with Crippen molar-refractivity contribution in [1.82, 2.24) is 0 Å². The fourth-order valence-electron chi connectivity index (χ4n) is 2.51. The zero-order valence-electron chi connectivity index (χ0n) is 12.8. The third-order valence-corrected chi connectivity index (χ3v) is 4.56. The van der Waals surface area contributed by atoms with Gasteiger partial charge < -0.3 is 16.2 Å². The highest BCUT2D eigenvalue weighted by Gasteiger charge is 2.19. The van der Waals surface area contributed by atoms with Crippen molar-refractivity contribution in [3.05, 3.63) is 60.2 Å². The Morgan fingerprint density at radius 1 is 1.00 bits per heavy atom. The average Bonchev–Trinajstić information content (AvgIpc) is 2.54. The lowest BCUT2D eigenvalue weighted by Crippen LogP contribution is -2.12. The van der Waals surface area contributed by atoms with E-state index in [9.17, 15) is 18.3 Å². The van der Waals surface area contributed by atoms with E-state index in [1.165, 1.54) is 18.2 Å². The molecule has 0 heterocycles. The van der Waals surface area contributed by atoms with E-state index in [4.69, 9.17) is 10.3 Å². The van der Waals surface area contributed by atoms with Crippen molar-refractivity contribution in [1.29, 1.82) is 0 Å². The van der Waals surface area contributed by atoms with E-state index in [0.29, 0.717) is 22.3 Å². The van der Waals surface area contributed by atoms with Gasteiger partial charge in [-0.1, -0.05) is 24.3 Å². The van der Waals surface area contributed by atoms with E-state index in [2.05, 4.69) is 5.32 Å². The van der Waals surface area contributed by atoms with Crippen LogP contribution in [0, 0.1) is 0 Å². The van der Waals surface area contributed by atoms with E-state index in [-0.39, 0.29) is 5.39 Å². The molecule has 0 radical (unpaired) electrons. The Morgan fingerprint density at radius 2 is 1.72 bits per heavy atom. The Bertz CT molecular complexity index is 1090. The Labute approximate surface area is 143 Å². The van der Waals surface area contributed by atoms with Crippen LogP contribution >= 0.6 is 0 Å². The highest BCUT2D eigenvalue weighted by Crippen LogP contribution is 2.35. The molecule has 0 aliphatic carbocycles. The number of hydrogen-bond acceptors (Lipinski definition) is 5. The maximum Gasteiger partial charge on any atom is 0.298 e. The number of carbonyl (C=O) groups is 1. The van der Waals surface area contributed by atoms with E-state index in [1.807, 2.05) is 0 Å². The van der Waals surface area contributed by atoms with E-state index < -0.39 is 26.7 Å². The van der Waals surface area contributed by atoms with Gasteiger partial charge in [0, 0.05) is 27.7 Å². The molecule has 7 nitrogen and oxygen atoms in total. The maximum absolute atomic E-state index is 12.4. The molecule has 3 aromatic carbocycles. The molecule has 0 unspecified atom stereocenters. The topological polar surface area (TPSA) is 130 Å². The summed E-state index contributed by atoms with van der Waals surface area (Å²) in [4.78, 5) is 11.8. The van der Waals surface area contributed by atoms with Gasteiger partial charge in [0.05, 0.1) is 0 Å². The minimum Gasteiger partial charge on any atom is -0.506 e. The van der Waals surface area contributed by atoms with Crippen LogP contribution in [-0.4, -0.2) is 24.0 Å². The number of rotatable bonds is 3. The SMILES string of the molecule is Nc1cccc(C(=O)Nc2cccc3c(O)c(S(=O)(=O)O)ccc23)c1. The number of nitrogens with two attached hydrogens (primary N) is 1. The molecular weight excluding hydrogens is 344 g/mol. The van der Waals surface area contributed by atoms with Crippen LogP contribution in [-0.2, 0) is 10.1 Å². The number of carbonyl (C=O) groups excluding carboxylic acids is 1. The third-order valence-electron chi connectivity index (χ3n) is 3.67. The highest BCUT2D eigenvalue weighted by atomic mass is 32.2. The van der Waals surface area contributed by atoms with E-state index in [1.54, 1.807) is 30.3 Å². The fourth-order valence-corrected chi connectivity index (χ4v) is 3.11. The first-order valence-electron chi connectivity index (χ1n) is 7.16. The van der Waals surface area contributed by atoms with Crippen LogP contribution in [0.3, 0.4) is 0 Å². The Hall–Kier alpha value is -3.10. The fraction of sp³-hybridized carbons (Fsp3) is 0. The smallest absolute Gasteiger partial charge is 0.298 e. The summed E-state index contributed by atoms with van der Waals surface area (Å²) in [5.74, 6) is -0.988. The van der Waals surface area contributed by atoms with Gasteiger partial charge in [0.15, 0.2) is 0 Å². The first-order valence-corrected chi connectivity index (χ1v) is 8.60. The summed E-state index contributed by atoms with van der Waals surface area (Å²) >= 11 is 0. The van der Waals surface area contributed by atoms with Crippen molar-refractivity contribution in [2.24, 2.45) is 0 Å². The molecule has 128 valence electrons. The van der Waals surface area contributed by atoms with Crippen LogP contribution in [0.15, 0.2) is 59.5 Å². The van der Waals surface area contributed by atoms with Crippen LogP contribution in [0.5, 0.6) is 5.75 Å². The second-order valence-electron chi connectivity index (χ2n) is 5.37. The molecule has 5 N–H and O–H groups in total. The average molecular weight is 358 g/mol.